The number of rotatable bonds is 6. The number of hydrogen-bond donors (Lipinski definition) is 2. The third kappa shape index (κ3) is 5.41. The number of carbonyl (C=O) groups excluding carboxylic acids is 2. The summed E-state index contributed by atoms with van der Waals surface area (Å²) >= 11 is 0. The van der Waals surface area contributed by atoms with Gasteiger partial charge in [-0.3, -0.25) is 9.59 Å². The summed E-state index contributed by atoms with van der Waals surface area (Å²) < 4.78 is 50.9. The van der Waals surface area contributed by atoms with Crippen LogP contribution in [0.2, 0.25) is 0 Å². The molecule has 0 spiro atoms. The van der Waals surface area contributed by atoms with Gasteiger partial charge >= 0.3 is 6.18 Å². The van der Waals surface area contributed by atoms with Gasteiger partial charge in [0.15, 0.2) is 0 Å². The normalized spacial score (nSPS) is 11.2. The summed E-state index contributed by atoms with van der Waals surface area (Å²) in [5.41, 5.74) is 3.16. The molecule has 8 heteroatoms. The van der Waals surface area contributed by atoms with E-state index in [1.165, 1.54) is 0 Å². The molecule has 0 atom stereocenters. The Morgan fingerprint density at radius 1 is 1.19 bits per heavy atom. The zero-order valence-electron chi connectivity index (χ0n) is 11.0. The summed E-state index contributed by atoms with van der Waals surface area (Å²) in [5.74, 6) is -2.44. The number of nitrogens with one attached hydrogen (secondary N) is 1. The molecule has 1 aromatic carbocycles. The van der Waals surface area contributed by atoms with Crippen LogP contribution in [-0.4, -0.2) is 18.4 Å². The molecule has 0 bridgehead atoms. The first-order valence-electron chi connectivity index (χ1n) is 6.15. The van der Waals surface area contributed by atoms with Crippen molar-refractivity contribution in [3.8, 4) is 0 Å². The van der Waals surface area contributed by atoms with Gasteiger partial charge in [0.25, 0.3) is 5.91 Å². The fourth-order valence-corrected chi connectivity index (χ4v) is 1.60. The standard InChI is InChI=1S/C13H14F4N2O2/c14-10-5-4-8(13(15,16)17)7-9(10)12(21)19-6-2-1-3-11(18)20/h4-5,7H,1-3,6H2,(H2,18,20)(H,19,21). The van der Waals surface area contributed by atoms with Gasteiger partial charge in [-0.1, -0.05) is 0 Å². The lowest BCUT2D eigenvalue weighted by Gasteiger charge is -2.10. The van der Waals surface area contributed by atoms with Gasteiger partial charge in [0.05, 0.1) is 11.1 Å². The van der Waals surface area contributed by atoms with Gasteiger partial charge in [0, 0.05) is 13.0 Å². The van der Waals surface area contributed by atoms with E-state index in [4.69, 9.17) is 5.73 Å². The average Bonchev–Trinajstić information content (AvgIpc) is 2.36. The van der Waals surface area contributed by atoms with Gasteiger partial charge in [-0.05, 0) is 31.0 Å². The molecule has 0 aliphatic heterocycles. The summed E-state index contributed by atoms with van der Waals surface area (Å²) in [6, 6.07) is 1.64. The predicted molar refractivity (Wildman–Crippen MR) is 66.8 cm³/mol. The van der Waals surface area contributed by atoms with Crippen LogP contribution in [0.3, 0.4) is 0 Å². The highest BCUT2D eigenvalue weighted by Crippen LogP contribution is 2.30. The molecule has 21 heavy (non-hydrogen) atoms. The van der Waals surface area contributed by atoms with Gasteiger partial charge in [-0.25, -0.2) is 4.39 Å². The van der Waals surface area contributed by atoms with Crippen LogP contribution >= 0.6 is 0 Å². The number of amides is 2. The Balaban J connectivity index is 2.63. The SMILES string of the molecule is NC(=O)CCCCNC(=O)c1cc(C(F)(F)F)ccc1F. The number of alkyl halides is 3. The topological polar surface area (TPSA) is 72.2 Å². The van der Waals surface area contributed by atoms with Crippen molar-refractivity contribution in [1.29, 1.82) is 0 Å². The van der Waals surface area contributed by atoms with E-state index in [1.807, 2.05) is 0 Å². The van der Waals surface area contributed by atoms with Crippen molar-refractivity contribution in [1.82, 2.24) is 5.32 Å². The van der Waals surface area contributed by atoms with Crippen LogP contribution in [0, 0.1) is 5.82 Å². The molecule has 0 radical (unpaired) electrons. The van der Waals surface area contributed by atoms with Crippen molar-refractivity contribution >= 4 is 11.8 Å². The number of unbranched alkanes of at least 4 members (excludes halogenated alkanes) is 1. The Morgan fingerprint density at radius 2 is 1.86 bits per heavy atom. The smallest absolute Gasteiger partial charge is 0.370 e. The summed E-state index contributed by atoms with van der Waals surface area (Å²) in [5, 5.41) is 2.29. The zero-order chi connectivity index (χ0) is 16.0. The van der Waals surface area contributed by atoms with E-state index in [0.29, 0.717) is 31.0 Å². The van der Waals surface area contributed by atoms with Crippen LogP contribution in [-0.2, 0) is 11.0 Å². The molecule has 0 fully saturated rings. The third-order valence-electron chi connectivity index (χ3n) is 2.67. The number of halogens is 4. The van der Waals surface area contributed by atoms with Crippen molar-refractivity contribution in [2.24, 2.45) is 5.73 Å². The van der Waals surface area contributed by atoms with E-state index in [0.717, 1.165) is 0 Å². The van der Waals surface area contributed by atoms with Crippen molar-refractivity contribution in [2.45, 2.75) is 25.4 Å². The second-order valence-electron chi connectivity index (χ2n) is 4.37. The molecule has 0 aliphatic rings. The van der Waals surface area contributed by atoms with Gasteiger partial charge in [0.2, 0.25) is 5.91 Å². The molecule has 1 rings (SSSR count). The fourth-order valence-electron chi connectivity index (χ4n) is 1.60. The zero-order valence-corrected chi connectivity index (χ0v) is 11.0. The molecule has 0 aromatic heterocycles. The Kier molecular flexibility index (Phi) is 5.69. The van der Waals surface area contributed by atoms with E-state index < -0.39 is 34.9 Å². The van der Waals surface area contributed by atoms with Gasteiger partial charge in [-0.15, -0.1) is 0 Å². The molecule has 2 amide bonds. The Morgan fingerprint density at radius 3 is 2.43 bits per heavy atom. The lowest BCUT2D eigenvalue weighted by Crippen LogP contribution is -2.26. The van der Waals surface area contributed by atoms with E-state index in [9.17, 15) is 27.2 Å². The van der Waals surface area contributed by atoms with Crippen LogP contribution in [0.5, 0.6) is 0 Å². The van der Waals surface area contributed by atoms with Crippen molar-refractivity contribution in [3.05, 3.63) is 35.1 Å². The summed E-state index contributed by atoms with van der Waals surface area (Å²) in [6.07, 6.45) is -3.66. The van der Waals surface area contributed by atoms with Crippen molar-refractivity contribution < 1.29 is 27.2 Å². The molecular formula is C13H14F4N2O2. The maximum atomic E-state index is 13.4. The lowest BCUT2D eigenvalue weighted by molar-refractivity contribution is -0.137. The van der Waals surface area contributed by atoms with Crippen molar-refractivity contribution in [2.75, 3.05) is 6.54 Å². The highest BCUT2D eigenvalue weighted by atomic mass is 19.4. The predicted octanol–water partition coefficient (Wildman–Crippen LogP) is 2.23. The van der Waals surface area contributed by atoms with Crippen molar-refractivity contribution in [3.63, 3.8) is 0 Å². The Bertz CT molecular complexity index is 529. The highest BCUT2D eigenvalue weighted by molar-refractivity contribution is 5.94. The van der Waals surface area contributed by atoms with E-state index >= 15 is 0 Å². The summed E-state index contributed by atoms with van der Waals surface area (Å²) in [7, 11) is 0. The second-order valence-corrected chi connectivity index (χ2v) is 4.37. The van der Waals surface area contributed by atoms with Gasteiger partial charge < -0.3 is 11.1 Å². The molecule has 0 heterocycles. The Labute approximate surface area is 118 Å². The van der Waals surface area contributed by atoms with Gasteiger partial charge in [0.1, 0.15) is 5.82 Å². The van der Waals surface area contributed by atoms with Crippen LogP contribution in [0.25, 0.3) is 0 Å². The lowest BCUT2D eigenvalue weighted by atomic mass is 10.1. The third-order valence-corrected chi connectivity index (χ3v) is 2.67. The number of carbonyl (C=O) groups is 2. The quantitative estimate of drug-likeness (QED) is 0.625. The second kappa shape index (κ2) is 7.05. The molecule has 0 aliphatic carbocycles. The Hall–Kier alpha value is -2.12. The van der Waals surface area contributed by atoms with Crippen LogP contribution in [0.1, 0.15) is 35.2 Å². The molecule has 116 valence electrons. The number of nitrogens with two attached hydrogens (primary N) is 1. The highest BCUT2D eigenvalue weighted by Gasteiger charge is 2.31. The van der Waals surface area contributed by atoms with E-state index in [1.54, 1.807) is 0 Å². The molecule has 0 saturated heterocycles. The minimum Gasteiger partial charge on any atom is -0.370 e. The van der Waals surface area contributed by atoms with Gasteiger partial charge in [-0.2, -0.15) is 13.2 Å². The molecule has 1 aromatic rings. The fraction of sp³-hybridized carbons (Fsp3) is 0.385. The molecule has 3 N–H and O–H groups in total. The monoisotopic (exact) mass is 306 g/mol. The first kappa shape index (κ1) is 16.9. The van der Waals surface area contributed by atoms with E-state index in [2.05, 4.69) is 5.32 Å². The molecule has 0 saturated carbocycles. The average molecular weight is 306 g/mol. The first-order chi connectivity index (χ1) is 9.71. The number of hydrogen-bond acceptors (Lipinski definition) is 2. The van der Waals surface area contributed by atoms with E-state index in [-0.39, 0.29) is 13.0 Å². The first-order valence-corrected chi connectivity index (χ1v) is 6.15. The minimum atomic E-state index is -4.65. The largest absolute Gasteiger partial charge is 0.416 e. The molecule has 0 unspecified atom stereocenters. The van der Waals surface area contributed by atoms with Crippen LogP contribution < -0.4 is 11.1 Å². The summed E-state index contributed by atoms with van der Waals surface area (Å²) in [6.45, 7) is 0.113. The maximum Gasteiger partial charge on any atom is 0.416 e. The minimum absolute atomic E-state index is 0.113. The maximum absolute atomic E-state index is 13.4. The van der Waals surface area contributed by atoms with Crippen LogP contribution in [0.4, 0.5) is 17.6 Å². The number of primary amides is 1. The van der Waals surface area contributed by atoms with Crippen LogP contribution in [0.15, 0.2) is 18.2 Å². The number of benzene rings is 1. The molecular weight excluding hydrogens is 292 g/mol. The summed E-state index contributed by atoms with van der Waals surface area (Å²) in [4.78, 5) is 22.1. The molecule has 4 nitrogen and oxygen atoms in total.